The standard InChI is InChI=1S/C44H28N4/c1-3-13-29(14-4-1)47(30-15-5-2-6-16-30)31-23-25-35-36-26-24-32(28-39(36)34-18-8-7-17-33(34)38(35)27-31)48-42-22-12-9-19-37(42)43-44(48)46-41-21-11-10-20-40(41)45-43/h1-28H. The molecule has 8 aromatic carbocycles. The summed E-state index contributed by atoms with van der Waals surface area (Å²) >= 11 is 0. The Morgan fingerprint density at radius 3 is 1.58 bits per heavy atom. The molecule has 0 aliphatic heterocycles. The van der Waals surface area contributed by atoms with Crippen molar-refractivity contribution in [3.05, 3.63) is 170 Å². The summed E-state index contributed by atoms with van der Waals surface area (Å²) in [7, 11) is 0. The van der Waals surface area contributed by atoms with Crippen LogP contribution in [0.25, 0.3) is 71.1 Å². The molecule has 4 nitrogen and oxygen atoms in total. The predicted molar refractivity (Wildman–Crippen MR) is 201 cm³/mol. The first-order valence-electron chi connectivity index (χ1n) is 16.3. The smallest absolute Gasteiger partial charge is 0.165 e. The number of para-hydroxylation sites is 5. The van der Waals surface area contributed by atoms with E-state index in [0.29, 0.717) is 0 Å². The number of nitrogens with zero attached hydrogens (tertiary/aromatic N) is 4. The van der Waals surface area contributed by atoms with Gasteiger partial charge in [0.2, 0.25) is 0 Å². The Morgan fingerprint density at radius 1 is 0.375 bits per heavy atom. The summed E-state index contributed by atoms with van der Waals surface area (Å²) in [6.07, 6.45) is 0. The average molecular weight is 613 g/mol. The van der Waals surface area contributed by atoms with Crippen LogP contribution < -0.4 is 4.90 Å². The van der Waals surface area contributed by atoms with Crippen LogP contribution in [0.15, 0.2) is 170 Å². The molecule has 0 saturated heterocycles. The summed E-state index contributed by atoms with van der Waals surface area (Å²) in [5.74, 6) is 0. The lowest BCUT2D eigenvalue weighted by atomic mass is 9.93. The van der Waals surface area contributed by atoms with Crippen LogP contribution in [-0.2, 0) is 0 Å². The monoisotopic (exact) mass is 612 g/mol. The van der Waals surface area contributed by atoms with Gasteiger partial charge in [0.1, 0.15) is 5.52 Å². The highest BCUT2D eigenvalue weighted by Gasteiger charge is 2.18. The number of hydrogen-bond acceptors (Lipinski definition) is 3. The molecule has 0 bridgehead atoms. The number of hydrogen-bond donors (Lipinski definition) is 0. The van der Waals surface area contributed by atoms with Gasteiger partial charge in [0.05, 0.1) is 16.6 Å². The van der Waals surface area contributed by atoms with Gasteiger partial charge in [-0.05, 0) is 99.0 Å². The topological polar surface area (TPSA) is 34.0 Å². The maximum atomic E-state index is 5.16. The number of fused-ring (bicyclic) bond motifs is 10. The molecule has 0 fully saturated rings. The number of anilines is 3. The Hall–Kier alpha value is -6.52. The fraction of sp³-hybridized carbons (Fsp3) is 0. The molecule has 0 amide bonds. The molecule has 0 spiro atoms. The van der Waals surface area contributed by atoms with Crippen molar-refractivity contribution < 1.29 is 0 Å². The summed E-state index contributed by atoms with van der Waals surface area (Å²) in [5.41, 5.74) is 9.12. The van der Waals surface area contributed by atoms with Gasteiger partial charge in [0.25, 0.3) is 0 Å². The van der Waals surface area contributed by atoms with Crippen molar-refractivity contribution in [3.63, 3.8) is 0 Å². The lowest BCUT2D eigenvalue weighted by Crippen LogP contribution is -2.09. The van der Waals surface area contributed by atoms with Crippen LogP contribution >= 0.6 is 0 Å². The Balaban J connectivity index is 1.23. The van der Waals surface area contributed by atoms with Crippen LogP contribution in [0.5, 0.6) is 0 Å². The zero-order valence-corrected chi connectivity index (χ0v) is 26.0. The Morgan fingerprint density at radius 2 is 0.896 bits per heavy atom. The van der Waals surface area contributed by atoms with Gasteiger partial charge in [-0.1, -0.05) is 103 Å². The molecule has 10 rings (SSSR count). The molecule has 4 heteroatoms. The third kappa shape index (κ3) is 4.03. The molecule has 0 unspecified atom stereocenters. The quantitative estimate of drug-likeness (QED) is 0.185. The first-order valence-corrected chi connectivity index (χ1v) is 16.3. The molecule has 0 radical (unpaired) electrons. The molecule has 0 aliphatic rings. The van der Waals surface area contributed by atoms with Crippen LogP contribution in [0.1, 0.15) is 0 Å². The Bertz CT molecular complexity index is 2780. The SMILES string of the molecule is c1ccc(N(c2ccccc2)c2ccc3c4ccc(-n5c6ccccc6c6nc7ccccc7nc65)cc4c4ccccc4c3c2)cc1. The minimum atomic E-state index is 0.867. The van der Waals surface area contributed by atoms with Gasteiger partial charge < -0.3 is 4.90 Å². The van der Waals surface area contributed by atoms with Crippen LogP contribution in [-0.4, -0.2) is 14.5 Å². The predicted octanol–water partition coefficient (Wildman–Crippen LogP) is 11.7. The van der Waals surface area contributed by atoms with Gasteiger partial charge in [-0.15, -0.1) is 0 Å². The normalized spacial score (nSPS) is 11.8. The van der Waals surface area contributed by atoms with Crippen molar-refractivity contribution in [1.29, 1.82) is 0 Å². The molecule has 10 aromatic rings. The highest BCUT2D eigenvalue weighted by Crippen LogP contribution is 2.42. The lowest BCUT2D eigenvalue weighted by molar-refractivity contribution is 1.15. The molecule has 0 N–H and O–H groups in total. The largest absolute Gasteiger partial charge is 0.310 e. The van der Waals surface area contributed by atoms with E-state index in [9.17, 15) is 0 Å². The highest BCUT2D eigenvalue weighted by molar-refractivity contribution is 6.26. The van der Waals surface area contributed by atoms with Crippen molar-refractivity contribution >= 4 is 82.5 Å². The van der Waals surface area contributed by atoms with E-state index in [2.05, 4.69) is 155 Å². The van der Waals surface area contributed by atoms with E-state index in [1.807, 2.05) is 24.3 Å². The molecular weight excluding hydrogens is 585 g/mol. The van der Waals surface area contributed by atoms with Gasteiger partial charge in [0.15, 0.2) is 5.65 Å². The first kappa shape index (κ1) is 26.7. The first-order chi connectivity index (χ1) is 23.8. The van der Waals surface area contributed by atoms with Crippen molar-refractivity contribution in [3.8, 4) is 5.69 Å². The summed E-state index contributed by atoms with van der Waals surface area (Å²) < 4.78 is 2.27. The van der Waals surface area contributed by atoms with Gasteiger partial charge in [-0.3, -0.25) is 4.57 Å². The van der Waals surface area contributed by atoms with Gasteiger partial charge in [-0.2, -0.15) is 0 Å². The van der Waals surface area contributed by atoms with Gasteiger partial charge >= 0.3 is 0 Å². The third-order valence-electron chi connectivity index (χ3n) is 9.51. The van der Waals surface area contributed by atoms with Gasteiger partial charge in [-0.25, -0.2) is 9.97 Å². The van der Waals surface area contributed by atoms with Crippen LogP contribution in [0, 0.1) is 0 Å². The molecule has 2 aromatic heterocycles. The molecular formula is C44H28N4. The van der Waals surface area contributed by atoms with Crippen LogP contribution in [0.3, 0.4) is 0 Å². The second kappa shape index (κ2) is 10.5. The summed E-state index contributed by atoms with van der Waals surface area (Å²) in [6.45, 7) is 0. The summed E-state index contributed by atoms with van der Waals surface area (Å²) in [5, 5.41) is 8.45. The average Bonchev–Trinajstić information content (AvgIpc) is 3.48. The highest BCUT2D eigenvalue weighted by atomic mass is 15.1. The summed E-state index contributed by atoms with van der Waals surface area (Å²) in [4.78, 5) is 12.6. The van der Waals surface area contributed by atoms with Gasteiger partial charge in [0, 0.05) is 28.1 Å². The molecule has 0 saturated carbocycles. The second-order valence-electron chi connectivity index (χ2n) is 12.2. The number of benzene rings is 8. The van der Waals surface area contributed by atoms with Crippen molar-refractivity contribution in [2.45, 2.75) is 0 Å². The van der Waals surface area contributed by atoms with E-state index in [-0.39, 0.29) is 0 Å². The zero-order valence-electron chi connectivity index (χ0n) is 26.0. The van der Waals surface area contributed by atoms with E-state index in [4.69, 9.17) is 9.97 Å². The van der Waals surface area contributed by atoms with E-state index < -0.39 is 0 Å². The van der Waals surface area contributed by atoms with Crippen LogP contribution in [0.2, 0.25) is 0 Å². The number of rotatable bonds is 4. The minimum absolute atomic E-state index is 0.867. The lowest BCUT2D eigenvalue weighted by Gasteiger charge is -2.26. The fourth-order valence-electron chi connectivity index (χ4n) is 7.38. The van der Waals surface area contributed by atoms with E-state index in [0.717, 1.165) is 55.8 Å². The van der Waals surface area contributed by atoms with E-state index in [1.165, 1.54) is 32.3 Å². The second-order valence-corrected chi connectivity index (χ2v) is 12.2. The third-order valence-corrected chi connectivity index (χ3v) is 9.51. The Labute approximate surface area is 276 Å². The van der Waals surface area contributed by atoms with Crippen LogP contribution in [0.4, 0.5) is 17.1 Å². The molecule has 0 atom stereocenters. The summed E-state index contributed by atoms with van der Waals surface area (Å²) in [6, 6.07) is 60.3. The fourth-order valence-corrected chi connectivity index (χ4v) is 7.38. The maximum Gasteiger partial charge on any atom is 0.165 e. The maximum absolute atomic E-state index is 5.16. The molecule has 224 valence electrons. The molecule has 2 heterocycles. The Kier molecular flexibility index (Phi) is 5.84. The molecule has 0 aliphatic carbocycles. The minimum Gasteiger partial charge on any atom is -0.310 e. The van der Waals surface area contributed by atoms with Crippen molar-refractivity contribution in [2.75, 3.05) is 4.90 Å². The van der Waals surface area contributed by atoms with Crippen molar-refractivity contribution in [1.82, 2.24) is 14.5 Å². The van der Waals surface area contributed by atoms with E-state index in [1.54, 1.807) is 0 Å². The zero-order chi connectivity index (χ0) is 31.6. The van der Waals surface area contributed by atoms with E-state index >= 15 is 0 Å². The number of aromatic nitrogens is 3. The van der Waals surface area contributed by atoms with Crippen molar-refractivity contribution in [2.24, 2.45) is 0 Å². The molecule has 48 heavy (non-hydrogen) atoms.